The molecule has 6 heterocycles. The molecule has 2 aromatic carbocycles. The molecule has 2 atom stereocenters. The third-order valence-corrected chi connectivity index (χ3v) is 15.5. The summed E-state index contributed by atoms with van der Waals surface area (Å²) >= 11 is 1.39. The number of benzene rings is 2. The largest absolute Gasteiger partial charge is 0.351 e. The van der Waals surface area contributed by atoms with Gasteiger partial charge in [0.2, 0.25) is 5.95 Å². The zero-order chi connectivity index (χ0) is 36.0. The Morgan fingerprint density at radius 1 is 1.00 bits per heavy atom. The van der Waals surface area contributed by atoms with Gasteiger partial charge in [-0.05, 0) is 55.0 Å². The molecular weight excluding hydrogens is 738 g/mol. The second-order valence-corrected chi connectivity index (χ2v) is 19.2. The molecule has 3 N–H and O–H groups in total. The van der Waals surface area contributed by atoms with E-state index in [1.54, 1.807) is 30.5 Å². The standard InChI is InChI=1S/C34H35F3N8O4S3/c35-28-24(5-2-6-26(28)43-52(48,49)44-15-19-3-1-4-23(31(36)37)25(19)16-44)29-30(50-33(42-29)45-21-7-8-22(45)14-38-13-21)27-9-10-39-32(41-27)40-20-11-34(12-20)17-51(46,47)18-34/h1-6,9-10,20-22,31,38,43H,7-8,11-18H2,(H,39,40,41). The van der Waals surface area contributed by atoms with Crippen LogP contribution in [0.15, 0.2) is 48.7 Å². The van der Waals surface area contributed by atoms with E-state index in [0.717, 1.165) is 30.2 Å². The molecule has 9 rings (SSSR count). The molecule has 0 amide bonds. The quantitative estimate of drug-likeness (QED) is 0.214. The van der Waals surface area contributed by atoms with E-state index in [1.807, 2.05) is 0 Å². The van der Waals surface area contributed by atoms with Crippen molar-refractivity contribution < 1.29 is 30.0 Å². The summed E-state index contributed by atoms with van der Waals surface area (Å²) in [5, 5.41) is 7.52. The van der Waals surface area contributed by atoms with Crippen LogP contribution in [0.2, 0.25) is 0 Å². The summed E-state index contributed by atoms with van der Waals surface area (Å²) in [4.78, 5) is 17.1. The Bertz CT molecular complexity index is 2270. The van der Waals surface area contributed by atoms with E-state index in [2.05, 4.69) is 25.2 Å². The number of hydrogen-bond donors (Lipinski definition) is 3. The summed E-state index contributed by atoms with van der Waals surface area (Å²) in [6.45, 7) is 1.23. The third-order valence-electron chi connectivity index (χ3n) is 10.9. The van der Waals surface area contributed by atoms with Crippen molar-refractivity contribution in [2.24, 2.45) is 5.41 Å². The number of thiazole rings is 1. The summed E-state index contributed by atoms with van der Waals surface area (Å²) in [5.74, 6) is -0.0374. The van der Waals surface area contributed by atoms with Crippen molar-refractivity contribution in [3.8, 4) is 21.8 Å². The van der Waals surface area contributed by atoms with Crippen molar-refractivity contribution in [1.29, 1.82) is 0 Å². The average Bonchev–Trinajstić information content (AvgIpc) is 3.78. The molecule has 5 aliphatic rings. The van der Waals surface area contributed by atoms with Crippen LogP contribution in [0.4, 0.5) is 29.9 Å². The van der Waals surface area contributed by atoms with E-state index < -0.39 is 32.3 Å². The van der Waals surface area contributed by atoms with E-state index in [-0.39, 0.29) is 70.5 Å². The summed E-state index contributed by atoms with van der Waals surface area (Å²) in [7, 11) is -7.28. The second-order valence-electron chi connectivity index (χ2n) is 14.5. The van der Waals surface area contributed by atoms with Crippen molar-refractivity contribution in [2.45, 2.75) is 63.3 Å². The topological polar surface area (TPSA) is 150 Å². The van der Waals surface area contributed by atoms with E-state index in [1.165, 1.54) is 29.5 Å². The number of piperazine rings is 1. The smallest absolute Gasteiger partial charge is 0.302 e. The van der Waals surface area contributed by atoms with E-state index in [9.17, 15) is 25.6 Å². The lowest BCUT2D eigenvalue weighted by Crippen LogP contribution is -2.60. The fraction of sp³-hybridized carbons (Fsp3) is 0.441. The van der Waals surface area contributed by atoms with Crippen molar-refractivity contribution in [2.75, 3.05) is 39.5 Å². The van der Waals surface area contributed by atoms with Gasteiger partial charge in [-0.15, -0.1) is 0 Å². The number of aromatic nitrogens is 3. The molecule has 12 nitrogen and oxygen atoms in total. The van der Waals surface area contributed by atoms with Gasteiger partial charge < -0.3 is 15.5 Å². The van der Waals surface area contributed by atoms with Crippen molar-refractivity contribution in [3.63, 3.8) is 0 Å². The number of rotatable bonds is 9. The normalized spacial score (nSPS) is 23.4. The minimum Gasteiger partial charge on any atom is -0.351 e. The van der Waals surface area contributed by atoms with Crippen LogP contribution < -0.4 is 20.3 Å². The molecule has 274 valence electrons. The van der Waals surface area contributed by atoms with Crippen LogP contribution in [-0.4, -0.2) is 78.8 Å². The van der Waals surface area contributed by atoms with Crippen LogP contribution in [0.5, 0.6) is 0 Å². The fourth-order valence-electron chi connectivity index (χ4n) is 8.61. The van der Waals surface area contributed by atoms with Crippen LogP contribution in [0.3, 0.4) is 0 Å². The van der Waals surface area contributed by atoms with E-state index in [0.29, 0.717) is 45.7 Å². The van der Waals surface area contributed by atoms with Crippen molar-refractivity contribution in [3.05, 3.63) is 71.2 Å². The first-order valence-corrected chi connectivity index (χ1v) is 21.2. The Hall–Kier alpha value is -3.84. The molecular formula is C34H35F3N8O4S3. The van der Waals surface area contributed by atoms with Gasteiger partial charge in [-0.2, -0.15) is 12.7 Å². The Kier molecular flexibility index (Phi) is 8.07. The number of hydrogen-bond acceptors (Lipinski definition) is 11. The molecule has 2 aromatic heterocycles. The van der Waals surface area contributed by atoms with Crippen LogP contribution in [0, 0.1) is 11.2 Å². The first-order valence-electron chi connectivity index (χ1n) is 17.1. The lowest BCUT2D eigenvalue weighted by Gasteiger charge is -2.53. The maximum atomic E-state index is 16.6. The fourth-order valence-corrected chi connectivity index (χ4v) is 13.2. The predicted molar refractivity (Wildman–Crippen MR) is 192 cm³/mol. The zero-order valence-electron chi connectivity index (χ0n) is 27.7. The Morgan fingerprint density at radius 3 is 2.48 bits per heavy atom. The summed E-state index contributed by atoms with van der Waals surface area (Å²) in [5.41, 5.74) is 0.941. The molecule has 1 saturated carbocycles. The SMILES string of the molecule is O=S1(=O)CC2(CC(Nc3nccc(-c4sc(N5C6CCC5CNC6)nc4-c4cccc(NS(=O)(=O)N5Cc6cccc(C(F)F)c6C5)c4F)n3)C2)C1. The first kappa shape index (κ1) is 34.0. The maximum Gasteiger partial charge on any atom is 0.302 e. The van der Waals surface area contributed by atoms with Crippen LogP contribution in [0.25, 0.3) is 21.8 Å². The van der Waals surface area contributed by atoms with E-state index >= 15 is 4.39 Å². The number of nitrogens with zero attached hydrogens (tertiary/aromatic N) is 5. The molecule has 52 heavy (non-hydrogen) atoms. The Morgan fingerprint density at radius 2 is 1.75 bits per heavy atom. The Balaban J connectivity index is 1.03. The highest BCUT2D eigenvalue weighted by Gasteiger charge is 2.56. The van der Waals surface area contributed by atoms with Gasteiger partial charge >= 0.3 is 10.2 Å². The van der Waals surface area contributed by atoms with Gasteiger partial charge in [-0.25, -0.2) is 36.5 Å². The number of halogens is 3. The second kappa shape index (κ2) is 12.4. The van der Waals surface area contributed by atoms with Gasteiger partial charge in [0.1, 0.15) is 0 Å². The van der Waals surface area contributed by atoms with Crippen LogP contribution in [-0.2, 0) is 33.1 Å². The molecule has 2 unspecified atom stereocenters. The highest BCUT2D eigenvalue weighted by Crippen LogP contribution is 2.51. The van der Waals surface area contributed by atoms with Crippen LogP contribution in [0.1, 0.15) is 48.8 Å². The zero-order valence-corrected chi connectivity index (χ0v) is 30.2. The van der Waals surface area contributed by atoms with Gasteiger partial charge in [-0.1, -0.05) is 35.6 Å². The molecule has 1 aliphatic carbocycles. The average molecular weight is 773 g/mol. The highest BCUT2D eigenvalue weighted by molar-refractivity contribution is 7.92. The first-order chi connectivity index (χ1) is 24.9. The highest BCUT2D eigenvalue weighted by atomic mass is 32.2. The molecule has 0 radical (unpaired) electrons. The summed E-state index contributed by atoms with van der Waals surface area (Å²) in [6.07, 6.45) is 2.28. The molecule has 18 heteroatoms. The van der Waals surface area contributed by atoms with E-state index in [4.69, 9.17) is 9.97 Å². The van der Waals surface area contributed by atoms with Gasteiger partial charge in [0.15, 0.2) is 20.8 Å². The number of fused-ring (bicyclic) bond motifs is 3. The van der Waals surface area contributed by atoms with Gasteiger partial charge in [0, 0.05) is 67.0 Å². The van der Waals surface area contributed by atoms with Crippen LogP contribution >= 0.6 is 11.3 Å². The minimum absolute atomic E-state index is 0.0335. The monoisotopic (exact) mass is 772 g/mol. The molecule has 3 saturated heterocycles. The lowest BCUT2D eigenvalue weighted by molar-refractivity contribution is 0.150. The predicted octanol–water partition coefficient (Wildman–Crippen LogP) is 4.95. The number of sulfone groups is 1. The Labute approximate surface area is 303 Å². The lowest BCUT2D eigenvalue weighted by atomic mass is 9.67. The van der Waals surface area contributed by atoms with Crippen molar-refractivity contribution >= 4 is 48.2 Å². The maximum absolute atomic E-state index is 16.6. The molecule has 4 fully saturated rings. The summed E-state index contributed by atoms with van der Waals surface area (Å²) < 4.78 is 98.0. The molecule has 2 bridgehead atoms. The molecule has 4 aromatic rings. The summed E-state index contributed by atoms with van der Waals surface area (Å²) in [6, 6.07) is 11.0. The van der Waals surface area contributed by atoms with Crippen molar-refractivity contribution in [1.82, 2.24) is 24.6 Å². The molecule has 1 spiro atoms. The third kappa shape index (κ3) is 5.91. The minimum atomic E-state index is -4.35. The van der Waals surface area contributed by atoms with Gasteiger partial charge in [0.05, 0.1) is 33.5 Å². The molecule has 4 aliphatic heterocycles. The number of anilines is 3. The number of alkyl halides is 2. The van der Waals surface area contributed by atoms with Gasteiger partial charge in [-0.3, -0.25) is 4.72 Å². The number of nitrogens with one attached hydrogen (secondary N) is 3. The van der Waals surface area contributed by atoms with Gasteiger partial charge in [0.25, 0.3) is 6.43 Å².